The first-order valence-electron chi connectivity index (χ1n) is 20.1. The van der Waals surface area contributed by atoms with Crippen LogP contribution < -0.4 is 0 Å². The summed E-state index contributed by atoms with van der Waals surface area (Å²) in [5.41, 5.74) is 0. The molecule has 0 aromatic carbocycles. The Morgan fingerprint density at radius 3 is 1.24 bits per heavy atom. The van der Waals surface area contributed by atoms with Crippen molar-refractivity contribution in [2.24, 2.45) is 23.7 Å². The van der Waals surface area contributed by atoms with Crippen molar-refractivity contribution in [3.05, 3.63) is 0 Å². The molecule has 49 heavy (non-hydrogen) atoms. The number of carbonyl (C=O) groups is 2. The highest BCUT2D eigenvalue weighted by molar-refractivity contribution is 5.77. The molecule has 0 N–H and O–H groups in total. The normalized spacial score (nSPS) is 21.6. The van der Waals surface area contributed by atoms with E-state index in [2.05, 4.69) is 75.0 Å². The van der Waals surface area contributed by atoms with E-state index in [4.69, 9.17) is 9.47 Å². The fourth-order valence-corrected chi connectivity index (χ4v) is 7.72. The first-order valence-corrected chi connectivity index (χ1v) is 20.1. The predicted molar refractivity (Wildman–Crippen MR) is 201 cm³/mol. The smallest absolute Gasteiger partial charge is 0.248 e. The van der Waals surface area contributed by atoms with E-state index >= 15 is 0 Å². The Balaban J connectivity index is 0.000000266. The van der Waals surface area contributed by atoms with E-state index in [0.717, 1.165) is 134 Å². The van der Waals surface area contributed by atoms with Crippen LogP contribution in [0.2, 0.25) is 0 Å². The Morgan fingerprint density at radius 2 is 0.878 bits per heavy atom. The van der Waals surface area contributed by atoms with Crippen molar-refractivity contribution < 1.29 is 19.1 Å². The highest BCUT2D eigenvalue weighted by Gasteiger charge is 2.26. The largest absolute Gasteiger partial charge is 0.372 e. The summed E-state index contributed by atoms with van der Waals surface area (Å²) >= 11 is 0. The summed E-state index contributed by atoms with van der Waals surface area (Å²) in [5.74, 6) is 3.36. The minimum atomic E-state index is 0.168. The van der Waals surface area contributed by atoms with Crippen LogP contribution in [0.5, 0.6) is 0 Å². The lowest BCUT2D eigenvalue weighted by Crippen LogP contribution is -2.49. The van der Waals surface area contributed by atoms with Crippen LogP contribution in [0, 0.1) is 23.7 Å². The van der Waals surface area contributed by atoms with E-state index in [0.29, 0.717) is 25.3 Å². The molecule has 4 rings (SSSR count). The van der Waals surface area contributed by atoms with Crippen molar-refractivity contribution in [2.75, 3.05) is 118 Å². The maximum Gasteiger partial charge on any atom is 0.248 e. The standard InChI is InChI=1S/C20H39N3O2.C19H37N3O2/c1-17(2)19-6-9-23(10-7-19)20(24)16-25-15-5-8-21-11-13-22(14-12-21)18(3)4;1-16(2)18-5-7-22(8-6-18)19(23)15-24-14-13-20-9-11-21(12-10-20)17(3)4/h17-19H,5-16H2,1-4H3;16-18H,5-15H2,1-4H3. The van der Waals surface area contributed by atoms with E-state index in [1.54, 1.807) is 0 Å². The van der Waals surface area contributed by atoms with Gasteiger partial charge in [0, 0.05) is 110 Å². The average molecular weight is 693 g/mol. The van der Waals surface area contributed by atoms with Crippen molar-refractivity contribution >= 4 is 11.8 Å². The van der Waals surface area contributed by atoms with Crippen molar-refractivity contribution in [3.8, 4) is 0 Å². The average Bonchev–Trinajstić information content (AvgIpc) is 3.10. The SMILES string of the molecule is CC(C)C1CCN(C(=O)COCCCN2CCN(C(C)C)CC2)CC1.CC(C)C1CCN(C(=O)COCCN2CCN(C(C)C)CC2)CC1. The molecule has 10 heteroatoms. The third-order valence-electron chi connectivity index (χ3n) is 11.7. The number of ether oxygens (including phenoxy) is 2. The monoisotopic (exact) mass is 693 g/mol. The minimum Gasteiger partial charge on any atom is -0.372 e. The van der Waals surface area contributed by atoms with Crippen molar-refractivity contribution in [2.45, 2.75) is 99.6 Å². The maximum absolute atomic E-state index is 12.2. The molecule has 286 valence electrons. The van der Waals surface area contributed by atoms with Gasteiger partial charge >= 0.3 is 0 Å². The van der Waals surface area contributed by atoms with Gasteiger partial charge < -0.3 is 24.2 Å². The van der Waals surface area contributed by atoms with E-state index < -0.39 is 0 Å². The van der Waals surface area contributed by atoms with Crippen LogP contribution >= 0.6 is 0 Å². The highest BCUT2D eigenvalue weighted by atomic mass is 16.5. The molecule has 0 aromatic rings. The second-order valence-corrected chi connectivity index (χ2v) is 16.3. The zero-order chi connectivity index (χ0) is 35.8. The number of likely N-dealkylation sites (tertiary alicyclic amines) is 2. The van der Waals surface area contributed by atoms with Gasteiger partial charge in [0.15, 0.2) is 0 Å². The third-order valence-corrected chi connectivity index (χ3v) is 11.7. The van der Waals surface area contributed by atoms with Crippen molar-refractivity contribution in [1.29, 1.82) is 0 Å². The second-order valence-electron chi connectivity index (χ2n) is 16.3. The summed E-state index contributed by atoms with van der Waals surface area (Å²) < 4.78 is 11.3. The minimum absolute atomic E-state index is 0.168. The van der Waals surface area contributed by atoms with Gasteiger partial charge in [0.1, 0.15) is 13.2 Å². The van der Waals surface area contributed by atoms with E-state index in [-0.39, 0.29) is 25.0 Å². The van der Waals surface area contributed by atoms with Gasteiger partial charge in [0.05, 0.1) is 6.61 Å². The molecule has 0 spiro atoms. The van der Waals surface area contributed by atoms with Gasteiger partial charge in [0.2, 0.25) is 11.8 Å². The van der Waals surface area contributed by atoms with Crippen LogP contribution in [0.3, 0.4) is 0 Å². The lowest BCUT2D eigenvalue weighted by atomic mass is 9.87. The summed E-state index contributed by atoms with van der Waals surface area (Å²) in [5, 5.41) is 0. The lowest BCUT2D eigenvalue weighted by molar-refractivity contribution is -0.138. The molecule has 0 unspecified atom stereocenters. The fourth-order valence-electron chi connectivity index (χ4n) is 7.72. The Bertz CT molecular complexity index is 901. The summed E-state index contributed by atoms with van der Waals surface area (Å²) in [6.45, 7) is 34.9. The first-order chi connectivity index (χ1) is 23.4. The van der Waals surface area contributed by atoms with Crippen LogP contribution in [0.15, 0.2) is 0 Å². The lowest BCUT2D eigenvalue weighted by Gasteiger charge is -2.36. The molecule has 4 fully saturated rings. The molecular weight excluding hydrogens is 616 g/mol. The van der Waals surface area contributed by atoms with Crippen LogP contribution in [-0.2, 0) is 19.1 Å². The molecule has 4 aliphatic rings. The van der Waals surface area contributed by atoms with E-state index in [1.165, 1.54) is 13.1 Å². The molecule has 4 saturated heterocycles. The molecule has 0 aromatic heterocycles. The number of hydrogen-bond donors (Lipinski definition) is 0. The van der Waals surface area contributed by atoms with Crippen LogP contribution in [0.25, 0.3) is 0 Å². The molecule has 2 amide bonds. The number of carbonyl (C=O) groups excluding carboxylic acids is 2. The Hall–Kier alpha value is -1.30. The van der Waals surface area contributed by atoms with Gasteiger partial charge in [-0.15, -0.1) is 0 Å². The Kier molecular flexibility index (Phi) is 19.4. The number of nitrogens with zero attached hydrogens (tertiary/aromatic N) is 6. The molecular formula is C39H76N6O4. The highest BCUT2D eigenvalue weighted by Crippen LogP contribution is 2.25. The summed E-state index contributed by atoms with van der Waals surface area (Å²) in [6.07, 6.45) is 5.59. The van der Waals surface area contributed by atoms with E-state index in [1.807, 2.05) is 9.80 Å². The zero-order valence-corrected chi connectivity index (χ0v) is 33.0. The quantitative estimate of drug-likeness (QED) is 0.236. The molecule has 0 aliphatic carbocycles. The molecule has 0 saturated carbocycles. The van der Waals surface area contributed by atoms with Crippen LogP contribution in [-0.4, -0.2) is 171 Å². The third kappa shape index (κ3) is 15.5. The van der Waals surface area contributed by atoms with Gasteiger partial charge in [0.25, 0.3) is 0 Å². The van der Waals surface area contributed by atoms with Gasteiger partial charge in [-0.3, -0.25) is 24.3 Å². The number of rotatable bonds is 15. The van der Waals surface area contributed by atoms with E-state index in [9.17, 15) is 9.59 Å². The molecule has 0 atom stereocenters. The molecule has 0 bridgehead atoms. The molecule has 4 heterocycles. The van der Waals surface area contributed by atoms with Crippen LogP contribution in [0.1, 0.15) is 87.5 Å². The number of piperidine rings is 2. The Morgan fingerprint density at radius 1 is 0.510 bits per heavy atom. The summed E-state index contributed by atoms with van der Waals surface area (Å²) in [6, 6.07) is 1.29. The molecule has 0 radical (unpaired) electrons. The number of piperazine rings is 2. The second kappa shape index (κ2) is 22.6. The van der Waals surface area contributed by atoms with Gasteiger partial charge in [-0.25, -0.2) is 0 Å². The molecule has 10 nitrogen and oxygen atoms in total. The summed E-state index contributed by atoms with van der Waals surface area (Å²) in [7, 11) is 0. The maximum atomic E-state index is 12.2. The van der Waals surface area contributed by atoms with Crippen LogP contribution in [0.4, 0.5) is 0 Å². The van der Waals surface area contributed by atoms with Gasteiger partial charge in [-0.05, 0) is 83.5 Å². The summed E-state index contributed by atoms with van der Waals surface area (Å²) in [4.78, 5) is 38.4. The van der Waals surface area contributed by atoms with Gasteiger partial charge in [-0.1, -0.05) is 27.7 Å². The predicted octanol–water partition coefficient (Wildman–Crippen LogP) is 4.24. The van der Waals surface area contributed by atoms with Gasteiger partial charge in [-0.2, -0.15) is 0 Å². The number of hydrogen-bond acceptors (Lipinski definition) is 8. The van der Waals surface area contributed by atoms with Crippen molar-refractivity contribution in [1.82, 2.24) is 29.4 Å². The Labute approximate surface area is 301 Å². The topological polar surface area (TPSA) is 72.0 Å². The first kappa shape index (κ1) is 42.1. The van der Waals surface area contributed by atoms with Crippen molar-refractivity contribution in [3.63, 3.8) is 0 Å². The fraction of sp³-hybridized carbons (Fsp3) is 0.949. The number of amides is 2. The molecule has 4 aliphatic heterocycles. The zero-order valence-electron chi connectivity index (χ0n) is 33.0.